The zero-order valence-corrected chi connectivity index (χ0v) is 17.3. The molecule has 0 bridgehead atoms. The van der Waals surface area contributed by atoms with Gasteiger partial charge in [-0.1, -0.05) is 5.16 Å². The van der Waals surface area contributed by atoms with Crippen molar-refractivity contribution in [3.63, 3.8) is 0 Å². The first-order chi connectivity index (χ1) is 13.7. The van der Waals surface area contributed by atoms with E-state index in [1.165, 1.54) is 12.1 Å². The number of nitro groups is 1. The van der Waals surface area contributed by atoms with Crippen molar-refractivity contribution in [1.82, 2.24) is 19.8 Å². The minimum atomic E-state index is -3.81. The molecule has 12 heteroatoms. The maximum absolute atomic E-state index is 12.3. The van der Waals surface area contributed by atoms with E-state index in [2.05, 4.69) is 19.8 Å². The van der Waals surface area contributed by atoms with Crippen molar-refractivity contribution >= 4 is 21.4 Å². The summed E-state index contributed by atoms with van der Waals surface area (Å²) in [7, 11) is -3.81. The van der Waals surface area contributed by atoms with Gasteiger partial charge in [0.2, 0.25) is 15.9 Å². The summed E-state index contributed by atoms with van der Waals surface area (Å²) in [5.74, 6) is 1.12. The first kappa shape index (κ1) is 21.1. The van der Waals surface area contributed by atoms with Crippen LogP contribution < -0.4 is 9.62 Å². The number of nitrogens with zero attached hydrogens (tertiary/aromatic N) is 5. The third kappa shape index (κ3) is 5.08. The number of piperazine rings is 1. The van der Waals surface area contributed by atoms with Gasteiger partial charge in [0.15, 0.2) is 5.82 Å². The molecule has 0 spiro atoms. The van der Waals surface area contributed by atoms with Crippen molar-refractivity contribution in [2.75, 3.05) is 31.1 Å². The predicted molar refractivity (Wildman–Crippen MR) is 105 cm³/mol. The van der Waals surface area contributed by atoms with Crippen molar-refractivity contribution in [3.8, 4) is 0 Å². The summed E-state index contributed by atoms with van der Waals surface area (Å²) in [6.07, 6.45) is 0. The minimum Gasteiger partial charge on any atom is -0.363 e. The smallest absolute Gasteiger partial charge is 0.293 e. The number of aromatic nitrogens is 2. The highest BCUT2D eigenvalue weighted by molar-refractivity contribution is 7.89. The van der Waals surface area contributed by atoms with E-state index in [0.29, 0.717) is 50.1 Å². The van der Waals surface area contributed by atoms with E-state index in [9.17, 15) is 18.5 Å². The maximum atomic E-state index is 12.3. The Kier molecular flexibility index (Phi) is 6.15. The van der Waals surface area contributed by atoms with Crippen LogP contribution in [-0.2, 0) is 16.6 Å². The number of benzene rings is 1. The summed E-state index contributed by atoms with van der Waals surface area (Å²) in [4.78, 5) is 19.1. The van der Waals surface area contributed by atoms with Crippen LogP contribution in [0.4, 0.5) is 11.4 Å². The van der Waals surface area contributed by atoms with E-state index >= 15 is 0 Å². The van der Waals surface area contributed by atoms with Crippen LogP contribution in [0.15, 0.2) is 27.6 Å². The number of sulfonamides is 1. The van der Waals surface area contributed by atoms with Crippen LogP contribution >= 0.6 is 0 Å². The first-order valence-corrected chi connectivity index (χ1v) is 10.7. The number of aryl methyl sites for hydroxylation is 1. The third-order valence-corrected chi connectivity index (χ3v) is 6.14. The van der Waals surface area contributed by atoms with E-state index in [1.54, 1.807) is 20.8 Å². The quantitative estimate of drug-likeness (QED) is 0.515. The molecule has 0 saturated carbocycles. The predicted octanol–water partition coefficient (Wildman–Crippen LogP) is 1.30. The lowest BCUT2D eigenvalue weighted by Crippen LogP contribution is -2.46. The monoisotopic (exact) mass is 424 g/mol. The number of hydrogen-bond donors (Lipinski definition) is 1. The number of rotatable bonds is 7. The number of hydrogen-bond acceptors (Lipinski definition) is 9. The molecule has 0 atom stereocenters. The molecule has 0 aliphatic carbocycles. The summed E-state index contributed by atoms with van der Waals surface area (Å²) in [6.45, 7) is 8.10. The zero-order valence-electron chi connectivity index (χ0n) is 16.5. The van der Waals surface area contributed by atoms with Crippen LogP contribution in [0.1, 0.15) is 25.6 Å². The van der Waals surface area contributed by atoms with E-state index < -0.39 is 14.9 Å². The van der Waals surface area contributed by atoms with Gasteiger partial charge in [-0.05, 0) is 32.9 Å². The van der Waals surface area contributed by atoms with Crippen LogP contribution in [0.25, 0.3) is 0 Å². The summed E-state index contributed by atoms with van der Waals surface area (Å²) in [5, 5.41) is 15.4. The maximum Gasteiger partial charge on any atom is 0.293 e. The Bertz CT molecular complexity index is 982. The largest absolute Gasteiger partial charge is 0.363 e. The highest BCUT2D eigenvalue weighted by atomic mass is 32.2. The molecule has 0 amide bonds. The molecule has 3 rings (SSSR count). The zero-order chi connectivity index (χ0) is 21.2. The molecule has 1 saturated heterocycles. The molecule has 2 aromatic rings. The number of anilines is 1. The first-order valence-electron chi connectivity index (χ1n) is 9.23. The number of nitrogens with one attached hydrogen (secondary N) is 1. The second-order valence-electron chi connectivity index (χ2n) is 7.18. The SMILES string of the molecule is Cc1noc(CN2CCN(c3ccc(S(=O)(=O)NC(C)C)cc3[N+](=O)[O-])CC2)n1. The van der Waals surface area contributed by atoms with Gasteiger partial charge in [-0.3, -0.25) is 15.0 Å². The van der Waals surface area contributed by atoms with Gasteiger partial charge >= 0.3 is 0 Å². The average molecular weight is 424 g/mol. The summed E-state index contributed by atoms with van der Waals surface area (Å²) in [5.41, 5.74) is 0.185. The molecule has 1 fully saturated rings. The second kappa shape index (κ2) is 8.43. The average Bonchev–Trinajstić information content (AvgIpc) is 3.05. The van der Waals surface area contributed by atoms with Gasteiger partial charge in [-0.2, -0.15) is 4.98 Å². The molecule has 1 N–H and O–H groups in total. The highest BCUT2D eigenvalue weighted by Gasteiger charge is 2.27. The van der Waals surface area contributed by atoms with Crippen molar-refractivity contribution < 1.29 is 17.9 Å². The van der Waals surface area contributed by atoms with Gasteiger partial charge in [-0.15, -0.1) is 0 Å². The van der Waals surface area contributed by atoms with Crippen LogP contribution in [0.2, 0.25) is 0 Å². The molecule has 11 nitrogen and oxygen atoms in total. The summed E-state index contributed by atoms with van der Waals surface area (Å²) < 4.78 is 32.3. The molecule has 0 unspecified atom stereocenters. The lowest BCUT2D eigenvalue weighted by Gasteiger charge is -2.35. The van der Waals surface area contributed by atoms with Gasteiger partial charge in [-0.25, -0.2) is 13.1 Å². The molecule has 1 aliphatic rings. The lowest BCUT2D eigenvalue weighted by atomic mass is 10.2. The van der Waals surface area contributed by atoms with Crippen molar-refractivity contribution in [3.05, 3.63) is 40.0 Å². The Hall–Kier alpha value is -2.57. The topological polar surface area (TPSA) is 135 Å². The molecule has 1 aliphatic heterocycles. The molecule has 0 radical (unpaired) electrons. The molecule has 29 heavy (non-hydrogen) atoms. The fourth-order valence-corrected chi connectivity index (χ4v) is 4.48. The van der Waals surface area contributed by atoms with Crippen LogP contribution in [0, 0.1) is 17.0 Å². The van der Waals surface area contributed by atoms with Crippen molar-refractivity contribution in [1.29, 1.82) is 0 Å². The Morgan fingerprint density at radius 2 is 1.97 bits per heavy atom. The Labute approximate surface area is 168 Å². The summed E-state index contributed by atoms with van der Waals surface area (Å²) >= 11 is 0. The standard InChI is InChI=1S/C17H24N6O5S/c1-12(2)20-29(26,27)14-4-5-15(16(10-14)23(24)25)22-8-6-21(7-9-22)11-17-18-13(3)19-28-17/h4-5,10,12,20H,6-9,11H2,1-3H3. The molecular formula is C17H24N6O5S. The van der Waals surface area contributed by atoms with E-state index in [1.807, 2.05) is 4.90 Å². The van der Waals surface area contributed by atoms with E-state index in [4.69, 9.17) is 4.52 Å². The Balaban J connectivity index is 1.74. The van der Waals surface area contributed by atoms with Crippen molar-refractivity contribution in [2.45, 2.75) is 38.3 Å². The number of nitro benzene ring substituents is 1. The third-order valence-electron chi connectivity index (χ3n) is 4.49. The molecule has 1 aromatic carbocycles. The molecule has 158 valence electrons. The molecule has 1 aromatic heterocycles. The lowest BCUT2D eigenvalue weighted by molar-refractivity contribution is -0.384. The van der Waals surface area contributed by atoms with E-state index in [0.717, 1.165) is 6.07 Å². The van der Waals surface area contributed by atoms with Crippen molar-refractivity contribution in [2.24, 2.45) is 0 Å². The molecule has 2 heterocycles. The second-order valence-corrected chi connectivity index (χ2v) is 8.90. The van der Waals surface area contributed by atoms with Gasteiger partial charge in [0, 0.05) is 38.3 Å². The van der Waals surface area contributed by atoms with Gasteiger partial charge in [0.1, 0.15) is 5.69 Å². The Morgan fingerprint density at radius 3 is 2.52 bits per heavy atom. The van der Waals surface area contributed by atoms with Gasteiger partial charge in [0.25, 0.3) is 5.69 Å². The van der Waals surface area contributed by atoms with Crippen LogP contribution in [0.3, 0.4) is 0 Å². The molecular weight excluding hydrogens is 400 g/mol. The Morgan fingerprint density at radius 1 is 1.28 bits per heavy atom. The fraction of sp³-hybridized carbons (Fsp3) is 0.529. The van der Waals surface area contributed by atoms with Gasteiger partial charge in [0.05, 0.1) is 16.4 Å². The highest BCUT2D eigenvalue weighted by Crippen LogP contribution is 2.31. The van der Waals surface area contributed by atoms with E-state index in [-0.39, 0.29) is 16.6 Å². The van der Waals surface area contributed by atoms with Gasteiger partial charge < -0.3 is 9.42 Å². The summed E-state index contributed by atoms with van der Waals surface area (Å²) in [6, 6.07) is 3.72. The normalized spacial score (nSPS) is 15.8. The minimum absolute atomic E-state index is 0.118. The van der Waals surface area contributed by atoms with Crippen LogP contribution in [-0.4, -0.2) is 60.6 Å². The fourth-order valence-electron chi connectivity index (χ4n) is 3.20. The van der Waals surface area contributed by atoms with Crippen LogP contribution in [0.5, 0.6) is 0 Å².